The highest BCUT2D eigenvalue weighted by atomic mass is 32.2. The van der Waals surface area contributed by atoms with E-state index in [1.807, 2.05) is 6.07 Å². The number of benzene rings is 1. The third kappa shape index (κ3) is 1.07. The SMILES string of the molecule is O=C1CS(=O)(=O)c2cccc3c2N1CC3. The minimum absolute atomic E-state index is 0.299. The number of amides is 1. The number of para-hydroxylation sites is 1. The lowest BCUT2D eigenvalue weighted by atomic mass is 10.2. The van der Waals surface area contributed by atoms with Gasteiger partial charge in [-0.1, -0.05) is 12.1 Å². The van der Waals surface area contributed by atoms with E-state index in [1.165, 1.54) is 0 Å². The Kier molecular flexibility index (Phi) is 1.55. The Morgan fingerprint density at radius 1 is 1.27 bits per heavy atom. The first-order valence-corrected chi connectivity index (χ1v) is 6.40. The summed E-state index contributed by atoms with van der Waals surface area (Å²) >= 11 is 0. The molecule has 0 aliphatic carbocycles. The molecule has 4 nitrogen and oxygen atoms in total. The van der Waals surface area contributed by atoms with Crippen LogP contribution in [-0.2, 0) is 21.1 Å². The van der Waals surface area contributed by atoms with Crippen LogP contribution >= 0.6 is 0 Å². The predicted molar refractivity (Wildman–Crippen MR) is 54.6 cm³/mol. The first-order chi connectivity index (χ1) is 7.09. The van der Waals surface area contributed by atoms with E-state index in [-0.39, 0.29) is 11.7 Å². The first-order valence-electron chi connectivity index (χ1n) is 4.74. The second kappa shape index (κ2) is 2.61. The second-order valence-corrected chi connectivity index (χ2v) is 5.78. The smallest absolute Gasteiger partial charge is 0.242 e. The van der Waals surface area contributed by atoms with Crippen molar-refractivity contribution in [1.29, 1.82) is 0 Å². The number of anilines is 1. The topological polar surface area (TPSA) is 54.5 Å². The van der Waals surface area contributed by atoms with Gasteiger partial charge in [-0.05, 0) is 18.1 Å². The number of carbonyl (C=O) groups excluding carboxylic acids is 1. The molecule has 0 saturated heterocycles. The molecule has 0 saturated carbocycles. The highest BCUT2D eigenvalue weighted by Gasteiger charge is 2.38. The predicted octanol–water partition coefficient (Wildman–Crippen LogP) is 0.363. The highest BCUT2D eigenvalue weighted by Crippen LogP contribution is 2.38. The molecule has 0 radical (unpaired) electrons. The van der Waals surface area contributed by atoms with Crippen LogP contribution in [0.5, 0.6) is 0 Å². The van der Waals surface area contributed by atoms with Crippen LogP contribution in [0.4, 0.5) is 5.69 Å². The van der Waals surface area contributed by atoms with Gasteiger partial charge in [0.1, 0.15) is 5.75 Å². The molecule has 0 spiro atoms. The molecular formula is C10H9NO3S. The molecule has 0 aromatic heterocycles. The van der Waals surface area contributed by atoms with Crippen molar-refractivity contribution in [2.45, 2.75) is 11.3 Å². The Labute approximate surface area is 87.4 Å². The largest absolute Gasteiger partial charge is 0.310 e. The molecule has 2 aliphatic rings. The van der Waals surface area contributed by atoms with Crippen molar-refractivity contribution in [3.63, 3.8) is 0 Å². The summed E-state index contributed by atoms with van der Waals surface area (Å²) in [5.74, 6) is -0.684. The van der Waals surface area contributed by atoms with Crippen molar-refractivity contribution in [2.24, 2.45) is 0 Å². The Bertz CT molecular complexity index is 562. The van der Waals surface area contributed by atoms with Crippen LogP contribution in [0.15, 0.2) is 23.1 Å². The number of hydrogen-bond donors (Lipinski definition) is 0. The van der Waals surface area contributed by atoms with Crippen LogP contribution in [0.2, 0.25) is 0 Å². The van der Waals surface area contributed by atoms with Crippen LogP contribution in [0.1, 0.15) is 5.56 Å². The van der Waals surface area contributed by atoms with Crippen LogP contribution in [0.3, 0.4) is 0 Å². The van der Waals surface area contributed by atoms with E-state index in [1.54, 1.807) is 17.0 Å². The molecule has 0 fully saturated rings. The van der Waals surface area contributed by atoms with Crippen molar-refractivity contribution in [3.05, 3.63) is 23.8 Å². The van der Waals surface area contributed by atoms with E-state index in [0.29, 0.717) is 17.1 Å². The summed E-state index contributed by atoms with van der Waals surface area (Å²) in [4.78, 5) is 13.5. The number of rotatable bonds is 0. The van der Waals surface area contributed by atoms with Gasteiger partial charge in [-0.3, -0.25) is 4.79 Å². The van der Waals surface area contributed by atoms with Crippen molar-refractivity contribution in [2.75, 3.05) is 17.2 Å². The fourth-order valence-electron chi connectivity index (χ4n) is 2.24. The summed E-state index contributed by atoms with van der Waals surface area (Å²) in [6, 6.07) is 5.21. The quantitative estimate of drug-likeness (QED) is 0.638. The summed E-state index contributed by atoms with van der Waals surface area (Å²) in [5, 5.41) is 0. The number of carbonyl (C=O) groups is 1. The highest BCUT2D eigenvalue weighted by molar-refractivity contribution is 7.92. The third-order valence-corrected chi connectivity index (χ3v) is 4.53. The van der Waals surface area contributed by atoms with Gasteiger partial charge in [0, 0.05) is 6.54 Å². The molecule has 3 rings (SSSR count). The maximum absolute atomic E-state index is 11.8. The van der Waals surface area contributed by atoms with Gasteiger partial charge in [0.15, 0.2) is 9.84 Å². The number of hydrogen-bond acceptors (Lipinski definition) is 3. The second-order valence-electron chi connectivity index (χ2n) is 3.82. The monoisotopic (exact) mass is 223 g/mol. The zero-order valence-corrected chi connectivity index (χ0v) is 8.75. The Morgan fingerprint density at radius 2 is 2.07 bits per heavy atom. The van der Waals surface area contributed by atoms with Gasteiger partial charge in [0.2, 0.25) is 5.91 Å². The van der Waals surface area contributed by atoms with Crippen molar-refractivity contribution < 1.29 is 13.2 Å². The molecule has 1 aromatic rings. The number of sulfone groups is 1. The van der Waals surface area contributed by atoms with Crippen LogP contribution in [0, 0.1) is 0 Å². The lowest BCUT2D eigenvalue weighted by Crippen LogP contribution is -2.39. The van der Waals surface area contributed by atoms with E-state index in [4.69, 9.17) is 0 Å². The van der Waals surface area contributed by atoms with Crippen molar-refractivity contribution in [3.8, 4) is 0 Å². The fraction of sp³-hybridized carbons (Fsp3) is 0.300. The van der Waals surface area contributed by atoms with Gasteiger partial charge in [-0.25, -0.2) is 8.42 Å². The maximum Gasteiger partial charge on any atom is 0.242 e. The summed E-state index contributed by atoms with van der Waals surface area (Å²) < 4.78 is 23.5. The zero-order chi connectivity index (χ0) is 10.6. The molecule has 1 aromatic carbocycles. The molecular weight excluding hydrogens is 214 g/mol. The Hall–Kier alpha value is -1.36. The maximum atomic E-state index is 11.8. The first kappa shape index (κ1) is 8.91. The lowest BCUT2D eigenvalue weighted by molar-refractivity contribution is -0.116. The molecule has 1 amide bonds. The summed E-state index contributed by atoms with van der Waals surface area (Å²) in [6.07, 6.45) is 0.754. The lowest BCUT2D eigenvalue weighted by Gasteiger charge is -2.24. The molecule has 0 bridgehead atoms. The standard InChI is InChI=1S/C10H9NO3S/c12-9-6-15(13,14)8-3-1-2-7-4-5-11(9)10(7)8/h1-3H,4-6H2. The van der Waals surface area contributed by atoms with E-state index >= 15 is 0 Å². The molecule has 0 N–H and O–H groups in total. The van der Waals surface area contributed by atoms with E-state index in [2.05, 4.69) is 0 Å². The number of nitrogens with zero attached hydrogens (tertiary/aromatic N) is 1. The van der Waals surface area contributed by atoms with Crippen molar-refractivity contribution >= 4 is 21.4 Å². The Morgan fingerprint density at radius 3 is 2.87 bits per heavy atom. The normalized spacial score (nSPS) is 21.6. The van der Waals surface area contributed by atoms with Crippen LogP contribution < -0.4 is 4.90 Å². The summed E-state index contributed by atoms with van der Waals surface area (Å²) in [5.41, 5.74) is 1.58. The van der Waals surface area contributed by atoms with Gasteiger partial charge >= 0.3 is 0 Å². The van der Waals surface area contributed by atoms with Gasteiger partial charge < -0.3 is 4.90 Å². The summed E-state index contributed by atoms with van der Waals surface area (Å²) in [7, 11) is -3.40. The van der Waals surface area contributed by atoms with E-state index < -0.39 is 9.84 Å². The molecule has 0 unspecified atom stereocenters. The van der Waals surface area contributed by atoms with Gasteiger partial charge in [0.05, 0.1) is 10.6 Å². The average Bonchev–Trinajstić information content (AvgIpc) is 2.58. The van der Waals surface area contributed by atoms with Crippen LogP contribution in [-0.4, -0.2) is 26.6 Å². The Balaban J connectivity index is 2.39. The molecule has 15 heavy (non-hydrogen) atoms. The third-order valence-electron chi connectivity index (χ3n) is 2.91. The van der Waals surface area contributed by atoms with Gasteiger partial charge in [0.25, 0.3) is 0 Å². The zero-order valence-electron chi connectivity index (χ0n) is 7.93. The minimum Gasteiger partial charge on any atom is -0.310 e. The molecule has 5 heteroatoms. The molecule has 78 valence electrons. The van der Waals surface area contributed by atoms with Crippen LogP contribution in [0.25, 0.3) is 0 Å². The molecule has 2 aliphatic heterocycles. The van der Waals surface area contributed by atoms with Gasteiger partial charge in [-0.2, -0.15) is 0 Å². The minimum atomic E-state index is -3.40. The fourth-order valence-corrected chi connectivity index (χ4v) is 3.70. The summed E-state index contributed by atoms with van der Waals surface area (Å²) in [6.45, 7) is 0.612. The molecule has 2 heterocycles. The van der Waals surface area contributed by atoms with Crippen molar-refractivity contribution in [1.82, 2.24) is 0 Å². The van der Waals surface area contributed by atoms with Gasteiger partial charge in [-0.15, -0.1) is 0 Å². The average molecular weight is 223 g/mol. The van der Waals surface area contributed by atoms with E-state index in [9.17, 15) is 13.2 Å². The molecule has 0 atom stereocenters. The van der Waals surface area contributed by atoms with E-state index in [0.717, 1.165) is 12.0 Å².